The summed E-state index contributed by atoms with van der Waals surface area (Å²) in [5.74, 6) is 0.487. The highest BCUT2D eigenvalue weighted by Crippen LogP contribution is 2.06. The number of carbonyl (C=O) groups excluding carboxylic acids is 1. The van der Waals surface area contributed by atoms with Gasteiger partial charge < -0.3 is 10.6 Å². The standard InChI is InChI=1S/C14H16N4O/c1-10-8-16-7-6-11(10)9-17-14(19)12-4-3-5-13(15-2)18-12/h3-8H,9H2,1-2H3,(H,15,18)(H,17,19). The summed E-state index contributed by atoms with van der Waals surface area (Å²) < 4.78 is 0. The van der Waals surface area contributed by atoms with Gasteiger partial charge >= 0.3 is 0 Å². The van der Waals surface area contributed by atoms with Gasteiger partial charge in [-0.15, -0.1) is 0 Å². The van der Waals surface area contributed by atoms with Gasteiger partial charge in [-0.2, -0.15) is 0 Å². The molecule has 5 heteroatoms. The topological polar surface area (TPSA) is 66.9 Å². The summed E-state index contributed by atoms with van der Waals surface area (Å²) in [5, 5.41) is 5.76. The summed E-state index contributed by atoms with van der Waals surface area (Å²) in [5.41, 5.74) is 2.51. The predicted octanol–water partition coefficient (Wildman–Crippen LogP) is 1.76. The van der Waals surface area contributed by atoms with E-state index in [1.807, 2.05) is 19.1 Å². The normalized spacial score (nSPS) is 10.0. The molecule has 0 saturated carbocycles. The van der Waals surface area contributed by atoms with Gasteiger partial charge in [0.05, 0.1) is 0 Å². The Kier molecular flexibility index (Phi) is 4.07. The molecule has 2 heterocycles. The summed E-state index contributed by atoms with van der Waals surface area (Å²) in [6, 6.07) is 7.19. The van der Waals surface area contributed by atoms with E-state index in [4.69, 9.17) is 0 Å². The van der Waals surface area contributed by atoms with E-state index >= 15 is 0 Å². The van der Waals surface area contributed by atoms with Gasteiger partial charge in [0.1, 0.15) is 11.5 Å². The molecular weight excluding hydrogens is 240 g/mol. The van der Waals surface area contributed by atoms with Crippen LogP contribution in [-0.2, 0) is 6.54 Å². The fourth-order valence-corrected chi connectivity index (χ4v) is 1.67. The molecule has 0 aliphatic rings. The number of aromatic nitrogens is 2. The molecule has 2 N–H and O–H groups in total. The quantitative estimate of drug-likeness (QED) is 0.874. The van der Waals surface area contributed by atoms with E-state index in [0.29, 0.717) is 18.1 Å². The molecule has 19 heavy (non-hydrogen) atoms. The molecule has 0 spiro atoms. The van der Waals surface area contributed by atoms with Crippen molar-refractivity contribution in [2.24, 2.45) is 0 Å². The van der Waals surface area contributed by atoms with Gasteiger partial charge in [-0.3, -0.25) is 9.78 Å². The molecule has 2 aromatic rings. The molecule has 0 radical (unpaired) electrons. The van der Waals surface area contributed by atoms with Crippen LogP contribution in [0.3, 0.4) is 0 Å². The lowest BCUT2D eigenvalue weighted by molar-refractivity contribution is 0.0946. The lowest BCUT2D eigenvalue weighted by atomic mass is 10.1. The molecule has 0 aromatic carbocycles. The second-order valence-corrected chi connectivity index (χ2v) is 4.14. The van der Waals surface area contributed by atoms with Crippen molar-refractivity contribution in [3.8, 4) is 0 Å². The smallest absolute Gasteiger partial charge is 0.270 e. The molecule has 0 fully saturated rings. The van der Waals surface area contributed by atoms with Crippen LogP contribution in [-0.4, -0.2) is 22.9 Å². The first-order chi connectivity index (χ1) is 9.20. The van der Waals surface area contributed by atoms with Gasteiger partial charge in [-0.25, -0.2) is 4.98 Å². The largest absolute Gasteiger partial charge is 0.373 e. The zero-order valence-electron chi connectivity index (χ0n) is 11.0. The van der Waals surface area contributed by atoms with E-state index in [-0.39, 0.29) is 5.91 Å². The first-order valence-electron chi connectivity index (χ1n) is 6.03. The van der Waals surface area contributed by atoms with Gasteiger partial charge in [0, 0.05) is 26.0 Å². The highest BCUT2D eigenvalue weighted by Gasteiger charge is 2.08. The summed E-state index contributed by atoms with van der Waals surface area (Å²) in [4.78, 5) is 20.2. The van der Waals surface area contributed by atoms with E-state index in [9.17, 15) is 4.79 Å². The number of nitrogens with zero attached hydrogens (tertiary/aromatic N) is 2. The minimum absolute atomic E-state index is 0.187. The van der Waals surface area contributed by atoms with Crippen LogP contribution in [0.5, 0.6) is 0 Å². The maximum absolute atomic E-state index is 12.0. The van der Waals surface area contributed by atoms with Crippen molar-refractivity contribution in [2.45, 2.75) is 13.5 Å². The highest BCUT2D eigenvalue weighted by molar-refractivity contribution is 5.92. The molecule has 0 atom stereocenters. The Morgan fingerprint density at radius 2 is 2.16 bits per heavy atom. The number of amides is 1. The maximum Gasteiger partial charge on any atom is 0.270 e. The zero-order valence-corrected chi connectivity index (χ0v) is 11.0. The molecule has 0 aliphatic heterocycles. The zero-order chi connectivity index (χ0) is 13.7. The van der Waals surface area contributed by atoms with Gasteiger partial charge in [-0.1, -0.05) is 6.07 Å². The maximum atomic E-state index is 12.0. The van der Waals surface area contributed by atoms with Crippen LogP contribution in [0.2, 0.25) is 0 Å². The highest BCUT2D eigenvalue weighted by atomic mass is 16.1. The first-order valence-corrected chi connectivity index (χ1v) is 6.03. The van der Waals surface area contributed by atoms with E-state index in [1.165, 1.54) is 0 Å². The van der Waals surface area contributed by atoms with Crippen molar-refractivity contribution in [3.05, 3.63) is 53.5 Å². The molecule has 0 unspecified atom stereocenters. The molecule has 0 bridgehead atoms. The Morgan fingerprint density at radius 1 is 1.32 bits per heavy atom. The number of carbonyl (C=O) groups is 1. The Bertz CT molecular complexity index is 583. The molecule has 5 nitrogen and oxygen atoms in total. The fourth-order valence-electron chi connectivity index (χ4n) is 1.67. The third-order valence-electron chi connectivity index (χ3n) is 2.81. The number of anilines is 1. The number of hydrogen-bond acceptors (Lipinski definition) is 4. The van der Waals surface area contributed by atoms with Crippen molar-refractivity contribution in [2.75, 3.05) is 12.4 Å². The van der Waals surface area contributed by atoms with Gasteiger partial charge in [0.15, 0.2) is 0 Å². The van der Waals surface area contributed by atoms with Crippen LogP contribution in [0.1, 0.15) is 21.6 Å². The Hall–Kier alpha value is -2.43. The van der Waals surface area contributed by atoms with E-state index in [1.54, 1.807) is 31.6 Å². The summed E-state index contributed by atoms with van der Waals surface area (Å²) in [6.07, 6.45) is 3.50. The van der Waals surface area contributed by atoms with Crippen molar-refractivity contribution in [3.63, 3.8) is 0 Å². The summed E-state index contributed by atoms with van der Waals surface area (Å²) in [7, 11) is 1.77. The number of hydrogen-bond donors (Lipinski definition) is 2. The minimum atomic E-state index is -0.187. The molecular formula is C14H16N4O. The van der Waals surface area contributed by atoms with E-state index in [2.05, 4.69) is 20.6 Å². The van der Waals surface area contributed by atoms with Crippen molar-refractivity contribution >= 4 is 11.7 Å². The summed E-state index contributed by atoms with van der Waals surface area (Å²) >= 11 is 0. The van der Waals surface area contributed by atoms with Crippen molar-refractivity contribution in [1.29, 1.82) is 0 Å². The lowest BCUT2D eigenvalue weighted by Crippen LogP contribution is -2.24. The molecule has 98 valence electrons. The fraction of sp³-hybridized carbons (Fsp3) is 0.214. The molecule has 2 rings (SSSR count). The molecule has 2 aromatic heterocycles. The molecule has 0 aliphatic carbocycles. The van der Waals surface area contributed by atoms with Crippen molar-refractivity contribution in [1.82, 2.24) is 15.3 Å². The number of rotatable bonds is 4. The number of pyridine rings is 2. The first kappa shape index (κ1) is 13.0. The monoisotopic (exact) mass is 256 g/mol. The van der Waals surface area contributed by atoms with Crippen LogP contribution in [0.4, 0.5) is 5.82 Å². The van der Waals surface area contributed by atoms with Crippen LogP contribution >= 0.6 is 0 Å². The third-order valence-corrected chi connectivity index (χ3v) is 2.81. The second-order valence-electron chi connectivity index (χ2n) is 4.14. The predicted molar refractivity (Wildman–Crippen MR) is 73.9 cm³/mol. The minimum Gasteiger partial charge on any atom is -0.373 e. The SMILES string of the molecule is CNc1cccc(C(=O)NCc2ccncc2C)n1. The van der Waals surface area contributed by atoms with Crippen LogP contribution < -0.4 is 10.6 Å². The van der Waals surface area contributed by atoms with Crippen molar-refractivity contribution < 1.29 is 4.79 Å². The number of aryl methyl sites for hydroxylation is 1. The van der Waals surface area contributed by atoms with E-state index < -0.39 is 0 Å². The number of nitrogens with one attached hydrogen (secondary N) is 2. The average molecular weight is 256 g/mol. The second kappa shape index (κ2) is 5.95. The Balaban J connectivity index is 2.03. The lowest BCUT2D eigenvalue weighted by Gasteiger charge is -2.08. The molecule has 0 saturated heterocycles. The van der Waals surface area contributed by atoms with Gasteiger partial charge in [0.2, 0.25) is 0 Å². The van der Waals surface area contributed by atoms with Crippen LogP contribution in [0.15, 0.2) is 36.7 Å². The average Bonchev–Trinajstić information content (AvgIpc) is 2.46. The Labute approximate surface area is 112 Å². The van der Waals surface area contributed by atoms with Gasteiger partial charge in [-0.05, 0) is 36.2 Å². The van der Waals surface area contributed by atoms with Crippen LogP contribution in [0, 0.1) is 6.92 Å². The molecule has 1 amide bonds. The van der Waals surface area contributed by atoms with Gasteiger partial charge in [0.25, 0.3) is 5.91 Å². The van der Waals surface area contributed by atoms with Crippen LogP contribution in [0.25, 0.3) is 0 Å². The third kappa shape index (κ3) is 3.28. The summed E-state index contributed by atoms with van der Waals surface area (Å²) in [6.45, 7) is 2.44. The van der Waals surface area contributed by atoms with E-state index in [0.717, 1.165) is 11.1 Å². The Morgan fingerprint density at radius 3 is 2.89 bits per heavy atom.